The fourth-order valence-electron chi connectivity index (χ4n) is 0.579. The quantitative estimate of drug-likeness (QED) is 0.351. The first-order valence-corrected chi connectivity index (χ1v) is 5.57. The van der Waals surface area contributed by atoms with Gasteiger partial charge in [-0.05, 0) is 52.9 Å². The van der Waals surface area contributed by atoms with Crippen LogP contribution in [0.25, 0.3) is 0 Å². The number of hydrogen-bond donors (Lipinski definition) is 5. The average Bonchev–Trinajstić information content (AvgIpc) is 2.18. The van der Waals surface area contributed by atoms with E-state index >= 15 is 0 Å². The van der Waals surface area contributed by atoms with Crippen molar-refractivity contribution in [2.75, 3.05) is 32.7 Å². The number of rotatable bonds is 7. The number of nitrogens with one attached hydrogen (secondary N) is 1. The summed E-state index contributed by atoms with van der Waals surface area (Å²) in [7, 11) is 0. The lowest BCUT2D eigenvalue weighted by Gasteiger charge is -2.13. The monoisotopic (exact) mass is 219 g/mol. The van der Waals surface area contributed by atoms with E-state index < -0.39 is 0 Å². The second-order valence-corrected chi connectivity index (χ2v) is 4.23. The first kappa shape index (κ1) is 17.2. The summed E-state index contributed by atoms with van der Waals surface area (Å²) >= 11 is 0. The van der Waals surface area contributed by atoms with Gasteiger partial charge in [0.1, 0.15) is 0 Å². The Morgan fingerprint density at radius 1 is 0.933 bits per heavy atom. The van der Waals surface area contributed by atoms with Crippen molar-refractivity contribution in [1.29, 1.82) is 0 Å². The summed E-state index contributed by atoms with van der Waals surface area (Å²) in [5.74, 6) is 0. The highest BCUT2D eigenvalue weighted by Crippen LogP contribution is 1.88. The maximum absolute atomic E-state index is 5.41. The Morgan fingerprint density at radius 3 is 1.47 bits per heavy atom. The van der Waals surface area contributed by atoms with Crippen LogP contribution < -0.4 is 28.3 Å². The molecule has 94 valence electrons. The van der Waals surface area contributed by atoms with Crippen molar-refractivity contribution < 1.29 is 0 Å². The molecule has 0 saturated heterocycles. The Kier molecular flexibility index (Phi) is 13.6. The van der Waals surface area contributed by atoms with E-state index in [1.807, 2.05) is 13.8 Å². The molecule has 0 aliphatic heterocycles. The number of nitrogens with two attached hydrogens (primary N) is 4. The van der Waals surface area contributed by atoms with Gasteiger partial charge in [-0.25, -0.2) is 0 Å². The van der Waals surface area contributed by atoms with Gasteiger partial charge in [-0.15, -0.1) is 0 Å². The Hall–Kier alpha value is -0.200. The molecule has 0 aromatic carbocycles. The molecular weight excluding hydrogens is 190 g/mol. The minimum absolute atomic E-state index is 0.181. The SMILES string of the molecule is CC(C)(N)CN.NCCCNCCCN. The molecule has 0 rings (SSSR count). The Morgan fingerprint density at radius 2 is 1.27 bits per heavy atom. The van der Waals surface area contributed by atoms with Gasteiger partial charge in [-0.1, -0.05) is 0 Å². The zero-order valence-electron chi connectivity index (χ0n) is 10.3. The van der Waals surface area contributed by atoms with Gasteiger partial charge in [0.15, 0.2) is 0 Å². The molecule has 9 N–H and O–H groups in total. The molecule has 5 heteroatoms. The van der Waals surface area contributed by atoms with E-state index in [-0.39, 0.29) is 5.54 Å². The maximum Gasteiger partial charge on any atom is 0.0221 e. The van der Waals surface area contributed by atoms with Crippen LogP contribution in [0.4, 0.5) is 0 Å². The van der Waals surface area contributed by atoms with Gasteiger partial charge in [-0.3, -0.25) is 0 Å². The molecule has 0 unspecified atom stereocenters. The van der Waals surface area contributed by atoms with Crippen LogP contribution in [0, 0.1) is 0 Å². The summed E-state index contributed by atoms with van der Waals surface area (Å²) in [4.78, 5) is 0. The lowest BCUT2D eigenvalue weighted by atomic mass is 10.1. The zero-order valence-corrected chi connectivity index (χ0v) is 10.3. The fraction of sp³-hybridized carbons (Fsp3) is 1.00. The molecule has 0 radical (unpaired) electrons. The first-order valence-electron chi connectivity index (χ1n) is 5.57. The van der Waals surface area contributed by atoms with Crippen molar-refractivity contribution in [3.63, 3.8) is 0 Å². The molecule has 0 heterocycles. The van der Waals surface area contributed by atoms with Crippen molar-refractivity contribution in [2.45, 2.75) is 32.2 Å². The predicted molar refractivity (Wildman–Crippen MR) is 67.5 cm³/mol. The van der Waals surface area contributed by atoms with Gasteiger partial charge in [-0.2, -0.15) is 0 Å². The van der Waals surface area contributed by atoms with E-state index in [4.69, 9.17) is 22.9 Å². The van der Waals surface area contributed by atoms with Crippen LogP contribution in [0.3, 0.4) is 0 Å². The van der Waals surface area contributed by atoms with Crippen molar-refractivity contribution in [1.82, 2.24) is 5.32 Å². The van der Waals surface area contributed by atoms with E-state index in [1.54, 1.807) is 0 Å². The second-order valence-electron chi connectivity index (χ2n) is 4.23. The van der Waals surface area contributed by atoms with Crippen LogP contribution in [0.1, 0.15) is 26.7 Å². The van der Waals surface area contributed by atoms with Crippen LogP contribution in [-0.2, 0) is 0 Å². The van der Waals surface area contributed by atoms with E-state index in [0.717, 1.165) is 39.0 Å². The predicted octanol–water partition coefficient (Wildman–Crippen LogP) is -1.04. The third-order valence-corrected chi connectivity index (χ3v) is 1.64. The van der Waals surface area contributed by atoms with Crippen LogP contribution >= 0.6 is 0 Å². The molecule has 0 saturated carbocycles. The van der Waals surface area contributed by atoms with Gasteiger partial charge in [0.25, 0.3) is 0 Å². The molecule has 0 aliphatic rings. The highest BCUT2D eigenvalue weighted by molar-refractivity contribution is 4.70. The Labute approximate surface area is 93.9 Å². The highest BCUT2D eigenvalue weighted by atomic mass is 14.8. The van der Waals surface area contributed by atoms with E-state index in [1.165, 1.54) is 0 Å². The Bertz CT molecular complexity index is 105. The summed E-state index contributed by atoms with van der Waals surface area (Å²) in [5.41, 5.74) is 21.0. The van der Waals surface area contributed by atoms with Crippen molar-refractivity contribution >= 4 is 0 Å². The third-order valence-electron chi connectivity index (χ3n) is 1.64. The van der Waals surface area contributed by atoms with Gasteiger partial charge < -0.3 is 28.3 Å². The lowest BCUT2D eigenvalue weighted by Crippen LogP contribution is -2.40. The van der Waals surface area contributed by atoms with Gasteiger partial charge in [0.2, 0.25) is 0 Å². The molecule has 0 spiro atoms. The smallest absolute Gasteiger partial charge is 0.0221 e. The van der Waals surface area contributed by atoms with Gasteiger partial charge in [0.05, 0.1) is 0 Å². The molecule has 0 bridgehead atoms. The minimum atomic E-state index is -0.181. The summed E-state index contributed by atoms with van der Waals surface area (Å²) in [5, 5.41) is 3.23. The van der Waals surface area contributed by atoms with E-state index in [0.29, 0.717) is 6.54 Å². The van der Waals surface area contributed by atoms with Crippen molar-refractivity contribution in [3.8, 4) is 0 Å². The second kappa shape index (κ2) is 11.9. The molecule has 15 heavy (non-hydrogen) atoms. The van der Waals surface area contributed by atoms with Crippen molar-refractivity contribution in [2.24, 2.45) is 22.9 Å². The van der Waals surface area contributed by atoms with E-state index in [2.05, 4.69) is 5.32 Å². The lowest BCUT2D eigenvalue weighted by molar-refractivity contribution is 0.532. The highest BCUT2D eigenvalue weighted by Gasteiger charge is 2.04. The first-order chi connectivity index (χ1) is 6.97. The minimum Gasteiger partial charge on any atom is -0.330 e. The van der Waals surface area contributed by atoms with Gasteiger partial charge in [0, 0.05) is 12.1 Å². The zero-order chi connectivity index (χ0) is 12.2. The molecule has 0 aromatic rings. The maximum atomic E-state index is 5.41. The average molecular weight is 219 g/mol. The standard InChI is InChI=1S/C6H17N3.C4H12N2/c7-3-1-5-9-6-2-4-8;1-4(2,6)3-5/h9H,1-8H2;3,5-6H2,1-2H3. The van der Waals surface area contributed by atoms with Crippen LogP contribution in [0.2, 0.25) is 0 Å². The molecule has 0 fully saturated rings. The van der Waals surface area contributed by atoms with Crippen molar-refractivity contribution in [3.05, 3.63) is 0 Å². The molecule has 0 atom stereocenters. The molecule has 0 aliphatic carbocycles. The normalized spacial score (nSPS) is 10.8. The van der Waals surface area contributed by atoms with E-state index in [9.17, 15) is 0 Å². The van der Waals surface area contributed by atoms with Crippen LogP contribution in [-0.4, -0.2) is 38.3 Å². The topological polar surface area (TPSA) is 116 Å². The molecular formula is C10H29N5. The third kappa shape index (κ3) is 24.8. The molecule has 5 nitrogen and oxygen atoms in total. The van der Waals surface area contributed by atoms with Crippen LogP contribution in [0.15, 0.2) is 0 Å². The van der Waals surface area contributed by atoms with Gasteiger partial charge >= 0.3 is 0 Å². The molecule has 0 aromatic heterocycles. The molecule has 0 amide bonds. The largest absolute Gasteiger partial charge is 0.330 e. The summed E-state index contributed by atoms with van der Waals surface area (Å²) in [6.07, 6.45) is 2.12. The van der Waals surface area contributed by atoms with Crippen LogP contribution in [0.5, 0.6) is 0 Å². The Balaban J connectivity index is 0. The summed E-state index contributed by atoms with van der Waals surface area (Å²) < 4.78 is 0. The summed E-state index contributed by atoms with van der Waals surface area (Å²) in [6.45, 7) is 7.94. The number of hydrogen-bond acceptors (Lipinski definition) is 5. The fourth-order valence-corrected chi connectivity index (χ4v) is 0.579. The summed E-state index contributed by atoms with van der Waals surface area (Å²) in [6, 6.07) is 0.